The van der Waals surface area contributed by atoms with Crippen LogP contribution in [0.2, 0.25) is 0 Å². The normalized spacial score (nSPS) is 17.2. The summed E-state index contributed by atoms with van der Waals surface area (Å²) >= 11 is 5.92. The molecule has 184 valence electrons. The zero-order valence-corrected chi connectivity index (χ0v) is 21.8. The Morgan fingerprint density at radius 3 is 2.42 bits per heavy atom. The minimum absolute atomic E-state index is 0.163. The number of pyridine rings is 2. The number of anilines is 1. The summed E-state index contributed by atoms with van der Waals surface area (Å²) in [5.41, 5.74) is 6.23. The van der Waals surface area contributed by atoms with E-state index >= 15 is 0 Å². The van der Waals surface area contributed by atoms with E-state index in [0.29, 0.717) is 10.9 Å². The van der Waals surface area contributed by atoms with Gasteiger partial charge in [0.1, 0.15) is 17.3 Å². The average molecular weight is 500 g/mol. The summed E-state index contributed by atoms with van der Waals surface area (Å²) in [6, 6.07) is 17.7. The lowest BCUT2D eigenvalue weighted by Gasteiger charge is -2.29. The van der Waals surface area contributed by atoms with E-state index in [1.807, 2.05) is 54.9 Å². The molecule has 0 aliphatic carbocycles. The number of nitrogens with zero attached hydrogens (tertiary/aromatic N) is 4. The lowest BCUT2D eigenvalue weighted by Crippen LogP contribution is -2.30. The lowest BCUT2D eigenvalue weighted by molar-refractivity contribution is 0.394. The van der Waals surface area contributed by atoms with E-state index in [0.717, 1.165) is 45.5 Å². The second-order valence-corrected chi connectivity index (χ2v) is 9.23. The van der Waals surface area contributed by atoms with Gasteiger partial charge in [0.05, 0.1) is 37.7 Å². The van der Waals surface area contributed by atoms with E-state index in [2.05, 4.69) is 57.7 Å². The number of nitrogens with one attached hydrogen (secondary N) is 1. The van der Waals surface area contributed by atoms with Crippen molar-refractivity contribution in [3.63, 3.8) is 0 Å². The highest BCUT2D eigenvalue weighted by Crippen LogP contribution is 2.46. The van der Waals surface area contributed by atoms with E-state index < -0.39 is 0 Å². The quantitative estimate of drug-likeness (QED) is 0.357. The third kappa shape index (κ3) is 3.97. The lowest BCUT2D eigenvalue weighted by atomic mass is 9.96. The zero-order valence-electron chi connectivity index (χ0n) is 21.0. The highest BCUT2D eigenvalue weighted by Gasteiger charge is 2.43. The number of hydrogen-bond acceptors (Lipinski definition) is 5. The van der Waals surface area contributed by atoms with E-state index in [9.17, 15) is 0 Å². The molecule has 0 bridgehead atoms. The summed E-state index contributed by atoms with van der Waals surface area (Å²) in [4.78, 5) is 11.5. The highest BCUT2D eigenvalue weighted by atomic mass is 32.1. The Labute approximate surface area is 216 Å². The summed E-state index contributed by atoms with van der Waals surface area (Å²) in [7, 11) is 3.30. The van der Waals surface area contributed by atoms with E-state index in [4.69, 9.17) is 21.7 Å². The van der Waals surface area contributed by atoms with Crippen LogP contribution in [-0.4, -0.2) is 33.9 Å². The second kappa shape index (κ2) is 9.62. The van der Waals surface area contributed by atoms with Gasteiger partial charge in [-0.05, 0) is 80.5 Å². The predicted octanol–water partition coefficient (Wildman–Crippen LogP) is 5.39. The summed E-state index contributed by atoms with van der Waals surface area (Å²) in [6.45, 7) is 6.33. The zero-order chi connectivity index (χ0) is 25.4. The Hall–Kier alpha value is -3.91. The number of benzene rings is 1. The minimum atomic E-state index is -0.168. The third-order valence-corrected chi connectivity index (χ3v) is 7.04. The summed E-state index contributed by atoms with van der Waals surface area (Å²) in [6.07, 6.45) is 3.65. The molecular formula is C28H29N5O2S. The van der Waals surface area contributed by atoms with E-state index in [-0.39, 0.29) is 12.1 Å². The summed E-state index contributed by atoms with van der Waals surface area (Å²) in [5.74, 6) is 2.32. The van der Waals surface area contributed by atoms with Crippen LogP contribution in [0.5, 0.6) is 11.5 Å². The number of rotatable bonds is 6. The molecule has 0 spiro atoms. The Kier molecular flexibility index (Phi) is 6.36. The number of ether oxygens (including phenoxy) is 2. The molecule has 3 aromatic heterocycles. The molecule has 0 amide bonds. The van der Waals surface area contributed by atoms with Crippen molar-refractivity contribution in [3.8, 4) is 17.3 Å². The number of aryl methyl sites for hydroxylation is 2. The van der Waals surface area contributed by atoms with Crippen LogP contribution < -0.4 is 19.7 Å². The molecule has 1 aliphatic heterocycles. The van der Waals surface area contributed by atoms with Gasteiger partial charge < -0.3 is 24.3 Å². The molecule has 0 unspecified atom stereocenters. The maximum Gasteiger partial charge on any atom is 0.174 e. The Balaban J connectivity index is 1.71. The van der Waals surface area contributed by atoms with Crippen LogP contribution in [-0.2, 0) is 0 Å². The van der Waals surface area contributed by atoms with Gasteiger partial charge in [0.25, 0.3) is 0 Å². The number of aromatic nitrogens is 3. The van der Waals surface area contributed by atoms with Crippen molar-refractivity contribution in [1.82, 2.24) is 19.9 Å². The molecule has 4 heterocycles. The standard InChI is InChI=1S/C28H29N5O2S/c1-17-9-8-14-30-27(17)32-18(2)15-21(19(32)3)26-25(22-10-6-7-13-29-22)31-28(36)33(26)23-12-11-20(34-4)16-24(23)35-5/h6-16,25-26H,1-5H3,(H,31,36)/t25-,26+/m0/s1. The van der Waals surface area contributed by atoms with Gasteiger partial charge in [-0.1, -0.05) is 12.1 Å². The third-order valence-electron chi connectivity index (χ3n) is 6.73. The summed E-state index contributed by atoms with van der Waals surface area (Å²) < 4.78 is 13.4. The van der Waals surface area contributed by atoms with Gasteiger partial charge in [-0.2, -0.15) is 0 Å². The molecule has 1 fully saturated rings. The van der Waals surface area contributed by atoms with Crippen LogP contribution in [0.15, 0.2) is 67.0 Å². The van der Waals surface area contributed by atoms with E-state index in [1.54, 1.807) is 14.2 Å². The Morgan fingerprint density at radius 1 is 0.917 bits per heavy atom. The van der Waals surface area contributed by atoms with Crippen LogP contribution in [0, 0.1) is 20.8 Å². The van der Waals surface area contributed by atoms with Gasteiger partial charge in [0.2, 0.25) is 0 Å². The maximum absolute atomic E-state index is 5.92. The van der Waals surface area contributed by atoms with Crippen LogP contribution >= 0.6 is 12.2 Å². The molecule has 4 aromatic rings. The van der Waals surface area contributed by atoms with Crippen molar-refractivity contribution in [2.45, 2.75) is 32.9 Å². The molecule has 1 saturated heterocycles. The smallest absolute Gasteiger partial charge is 0.174 e. The van der Waals surface area contributed by atoms with Crippen molar-refractivity contribution in [2.24, 2.45) is 0 Å². The number of hydrogen-bond donors (Lipinski definition) is 1. The van der Waals surface area contributed by atoms with Crippen molar-refractivity contribution >= 4 is 23.0 Å². The van der Waals surface area contributed by atoms with Gasteiger partial charge in [-0.15, -0.1) is 0 Å². The Bertz CT molecular complexity index is 1420. The molecule has 5 rings (SSSR count). The minimum Gasteiger partial charge on any atom is -0.497 e. The van der Waals surface area contributed by atoms with Gasteiger partial charge >= 0.3 is 0 Å². The van der Waals surface area contributed by atoms with Gasteiger partial charge in [-0.3, -0.25) is 4.98 Å². The second-order valence-electron chi connectivity index (χ2n) is 8.84. The molecule has 0 radical (unpaired) electrons. The maximum atomic E-state index is 5.92. The van der Waals surface area contributed by atoms with Gasteiger partial charge in [-0.25, -0.2) is 4.98 Å². The van der Waals surface area contributed by atoms with Crippen molar-refractivity contribution in [3.05, 3.63) is 95.2 Å². The first-order valence-electron chi connectivity index (χ1n) is 11.8. The molecule has 2 atom stereocenters. The monoisotopic (exact) mass is 499 g/mol. The molecule has 1 aromatic carbocycles. The first kappa shape index (κ1) is 23.8. The molecule has 0 saturated carbocycles. The molecule has 8 heteroatoms. The molecular weight excluding hydrogens is 470 g/mol. The average Bonchev–Trinajstić information content (AvgIpc) is 3.39. The Morgan fingerprint density at radius 2 is 1.72 bits per heavy atom. The topological polar surface area (TPSA) is 64.4 Å². The largest absolute Gasteiger partial charge is 0.497 e. The SMILES string of the molecule is COc1ccc(N2C(=S)N[C@@H](c3ccccn3)[C@H]2c2cc(C)n(-c3ncccc3C)c2C)c(OC)c1. The molecule has 1 N–H and O–H groups in total. The van der Waals surface area contributed by atoms with Crippen LogP contribution in [0.3, 0.4) is 0 Å². The summed E-state index contributed by atoms with van der Waals surface area (Å²) in [5, 5.41) is 4.15. The fourth-order valence-electron chi connectivity index (χ4n) is 5.04. The number of thiocarbonyl (C=S) groups is 1. The van der Waals surface area contributed by atoms with Crippen molar-refractivity contribution in [2.75, 3.05) is 19.1 Å². The van der Waals surface area contributed by atoms with Crippen molar-refractivity contribution in [1.29, 1.82) is 0 Å². The van der Waals surface area contributed by atoms with Crippen LogP contribution in [0.25, 0.3) is 5.82 Å². The van der Waals surface area contributed by atoms with E-state index in [1.165, 1.54) is 0 Å². The van der Waals surface area contributed by atoms with Crippen LogP contribution in [0.1, 0.15) is 40.3 Å². The van der Waals surface area contributed by atoms with Crippen molar-refractivity contribution < 1.29 is 9.47 Å². The van der Waals surface area contributed by atoms with Crippen LogP contribution in [0.4, 0.5) is 5.69 Å². The fourth-order valence-corrected chi connectivity index (χ4v) is 5.38. The highest BCUT2D eigenvalue weighted by molar-refractivity contribution is 7.80. The van der Waals surface area contributed by atoms with Gasteiger partial charge in [0.15, 0.2) is 5.11 Å². The van der Waals surface area contributed by atoms with Gasteiger partial charge in [0, 0.05) is 29.8 Å². The first-order valence-corrected chi connectivity index (χ1v) is 12.2. The first-order chi connectivity index (χ1) is 17.4. The molecule has 7 nitrogen and oxygen atoms in total. The fraction of sp³-hybridized carbons (Fsp3) is 0.250. The molecule has 36 heavy (non-hydrogen) atoms. The predicted molar refractivity (Wildman–Crippen MR) is 145 cm³/mol. The molecule has 1 aliphatic rings. The number of methoxy groups -OCH3 is 2.